The van der Waals surface area contributed by atoms with Gasteiger partial charge >= 0.3 is 6.18 Å². The van der Waals surface area contributed by atoms with Crippen LogP contribution < -0.4 is 9.47 Å². The summed E-state index contributed by atoms with van der Waals surface area (Å²) in [6.45, 7) is 0.0354. The van der Waals surface area contributed by atoms with Crippen LogP contribution in [0.3, 0.4) is 0 Å². The first-order valence-electron chi connectivity index (χ1n) is 4.92. The lowest BCUT2D eigenvalue weighted by atomic mass is 10.2. The van der Waals surface area contributed by atoms with Crippen LogP contribution in [0.15, 0.2) is 12.3 Å². The van der Waals surface area contributed by atoms with Crippen molar-refractivity contribution in [3.63, 3.8) is 0 Å². The van der Waals surface area contributed by atoms with Gasteiger partial charge in [0.2, 0.25) is 5.69 Å². The quantitative estimate of drug-likeness (QED) is 0.621. The molecule has 0 N–H and O–H groups in total. The van der Waals surface area contributed by atoms with Gasteiger partial charge in [0.15, 0.2) is 12.8 Å². The summed E-state index contributed by atoms with van der Waals surface area (Å²) < 4.78 is 52.2. The summed E-state index contributed by atoms with van der Waals surface area (Å²) in [5, 5.41) is 11.4. The van der Waals surface area contributed by atoms with Crippen molar-refractivity contribution in [2.45, 2.75) is 18.9 Å². The Labute approximate surface area is 104 Å². The minimum absolute atomic E-state index is 0.0279. The molecule has 0 fully saturated rings. The minimum Gasteiger partial charge on any atom is -0.618 e. The molecule has 102 valence electrons. The molecule has 4 nitrogen and oxygen atoms in total. The van der Waals surface area contributed by atoms with E-state index in [0.29, 0.717) is 4.73 Å². The fraction of sp³-hybridized carbons (Fsp3) is 0.500. The normalized spacial score (nSPS) is 13.4. The summed E-state index contributed by atoms with van der Waals surface area (Å²) in [4.78, 5) is 0. The maximum atomic E-state index is 12.0. The summed E-state index contributed by atoms with van der Waals surface area (Å²) in [6.07, 6.45) is -1.99. The van der Waals surface area contributed by atoms with Gasteiger partial charge in [-0.15, -0.1) is 0 Å². The fourth-order valence-electron chi connectivity index (χ4n) is 1.34. The van der Waals surface area contributed by atoms with E-state index >= 15 is 0 Å². The molecule has 0 spiro atoms. The summed E-state index contributed by atoms with van der Waals surface area (Å²) in [7, 11) is -1.27. The van der Waals surface area contributed by atoms with Crippen LogP contribution in [0.5, 0.6) is 5.75 Å². The molecule has 0 saturated carbocycles. The van der Waals surface area contributed by atoms with Gasteiger partial charge in [-0.25, -0.2) is 0 Å². The standard InChI is InChI=1S/C10H12F3NO3S/c1-7-8(5-18(2)16)14(15)4-3-9(7)17-6-10(11,12)13/h3-4H,5-6H2,1-2H3. The van der Waals surface area contributed by atoms with E-state index in [1.807, 2.05) is 0 Å². The van der Waals surface area contributed by atoms with Crippen LogP contribution in [0.2, 0.25) is 0 Å². The van der Waals surface area contributed by atoms with Crippen molar-refractivity contribution in [2.24, 2.45) is 0 Å². The van der Waals surface area contributed by atoms with Crippen molar-refractivity contribution in [2.75, 3.05) is 12.9 Å². The summed E-state index contributed by atoms with van der Waals surface area (Å²) in [5.74, 6) is -0.0571. The first kappa shape index (κ1) is 14.7. The van der Waals surface area contributed by atoms with Gasteiger partial charge in [-0.1, -0.05) is 0 Å². The molecule has 0 aromatic carbocycles. The third-order valence-electron chi connectivity index (χ3n) is 2.16. The Hall–Kier alpha value is -1.31. The first-order valence-corrected chi connectivity index (χ1v) is 6.64. The molecule has 0 bridgehead atoms. The van der Waals surface area contributed by atoms with E-state index in [4.69, 9.17) is 0 Å². The third-order valence-corrected chi connectivity index (χ3v) is 2.84. The summed E-state index contributed by atoms with van der Waals surface area (Å²) in [5.41, 5.74) is 0.419. The maximum Gasteiger partial charge on any atom is 0.422 e. The molecule has 8 heteroatoms. The molecule has 0 aliphatic heterocycles. The lowest BCUT2D eigenvalue weighted by Crippen LogP contribution is -2.33. The van der Waals surface area contributed by atoms with Crippen molar-refractivity contribution in [1.29, 1.82) is 0 Å². The van der Waals surface area contributed by atoms with Gasteiger partial charge in [0.1, 0.15) is 11.5 Å². The molecule has 1 aromatic rings. The molecule has 1 aromatic heterocycles. The molecule has 0 amide bonds. The topological polar surface area (TPSA) is 53.2 Å². The second-order valence-corrected chi connectivity index (χ2v) is 5.13. The average Bonchev–Trinajstić information content (AvgIpc) is 2.21. The molecule has 1 heterocycles. The number of rotatable bonds is 4. The molecule has 18 heavy (non-hydrogen) atoms. The second kappa shape index (κ2) is 5.55. The van der Waals surface area contributed by atoms with E-state index in [1.165, 1.54) is 13.2 Å². The highest BCUT2D eigenvalue weighted by Gasteiger charge is 2.29. The Morgan fingerprint density at radius 3 is 2.61 bits per heavy atom. The molecule has 0 radical (unpaired) electrons. The highest BCUT2D eigenvalue weighted by Crippen LogP contribution is 2.22. The molecule has 0 saturated heterocycles. The Morgan fingerprint density at radius 1 is 1.50 bits per heavy atom. The smallest absolute Gasteiger partial charge is 0.422 e. The zero-order chi connectivity index (χ0) is 13.9. The lowest BCUT2D eigenvalue weighted by molar-refractivity contribution is -0.613. The zero-order valence-corrected chi connectivity index (χ0v) is 10.6. The Morgan fingerprint density at radius 2 is 2.11 bits per heavy atom. The molecular weight excluding hydrogens is 271 g/mol. The van der Waals surface area contributed by atoms with Crippen molar-refractivity contribution >= 4 is 10.8 Å². The van der Waals surface area contributed by atoms with Gasteiger partial charge in [-0.05, 0) is 6.92 Å². The van der Waals surface area contributed by atoms with Gasteiger partial charge in [-0.2, -0.15) is 17.9 Å². The molecule has 1 rings (SSSR count). The maximum absolute atomic E-state index is 12.0. The number of ether oxygens (including phenoxy) is 1. The number of halogens is 3. The largest absolute Gasteiger partial charge is 0.618 e. The Kier molecular flexibility index (Phi) is 4.55. The van der Waals surface area contributed by atoms with Crippen LogP contribution >= 0.6 is 0 Å². The van der Waals surface area contributed by atoms with Gasteiger partial charge in [0, 0.05) is 23.1 Å². The Bertz CT molecular complexity index is 462. The van der Waals surface area contributed by atoms with Crippen molar-refractivity contribution < 1.29 is 26.8 Å². The zero-order valence-electron chi connectivity index (χ0n) is 9.78. The molecular formula is C10H12F3NO3S. The first-order chi connectivity index (χ1) is 8.20. The highest BCUT2D eigenvalue weighted by atomic mass is 32.2. The number of aromatic nitrogens is 1. The van der Waals surface area contributed by atoms with Crippen LogP contribution in [0.4, 0.5) is 13.2 Å². The van der Waals surface area contributed by atoms with E-state index in [2.05, 4.69) is 4.74 Å². The molecule has 1 atom stereocenters. The third kappa shape index (κ3) is 4.17. The fourth-order valence-corrected chi connectivity index (χ4v) is 2.07. The van der Waals surface area contributed by atoms with Gasteiger partial charge < -0.3 is 9.94 Å². The number of hydrogen-bond acceptors (Lipinski definition) is 3. The number of pyridine rings is 1. The second-order valence-electron chi connectivity index (χ2n) is 3.70. The van der Waals surface area contributed by atoms with Crippen LogP contribution in [-0.2, 0) is 16.6 Å². The number of hydrogen-bond donors (Lipinski definition) is 0. The van der Waals surface area contributed by atoms with Gasteiger partial charge in [-0.3, -0.25) is 4.21 Å². The average molecular weight is 283 g/mol. The van der Waals surface area contributed by atoms with Crippen molar-refractivity contribution in [1.82, 2.24) is 0 Å². The predicted octanol–water partition coefficient (Wildman–Crippen LogP) is 1.45. The van der Waals surface area contributed by atoms with Crippen LogP contribution in [-0.4, -0.2) is 23.2 Å². The number of nitrogens with zero attached hydrogens (tertiary/aromatic N) is 1. The van der Waals surface area contributed by atoms with Gasteiger partial charge in [0.05, 0.1) is 5.56 Å². The SMILES string of the molecule is Cc1c(OCC(F)(F)F)cc[n+]([O-])c1CS(C)=O. The van der Waals surface area contributed by atoms with Gasteiger partial charge in [0.25, 0.3) is 0 Å². The predicted molar refractivity (Wildman–Crippen MR) is 59.5 cm³/mol. The highest BCUT2D eigenvalue weighted by molar-refractivity contribution is 7.83. The number of alkyl halides is 3. The van der Waals surface area contributed by atoms with Crippen LogP contribution in [0, 0.1) is 12.1 Å². The molecule has 1 unspecified atom stereocenters. The molecule has 0 aliphatic rings. The Balaban J connectivity index is 2.97. The molecule has 0 aliphatic carbocycles. The minimum atomic E-state index is -4.44. The van der Waals surface area contributed by atoms with Crippen molar-refractivity contribution in [3.8, 4) is 5.75 Å². The van der Waals surface area contributed by atoms with E-state index in [-0.39, 0.29) is 22.8 Å². The van der Waals surface area contributed by atoms with E-state index < -0.39 is 23.6 Å². The van der Waals surface area contributed by atoms with E-state index in [0.717, 1.165) is 12.3 Å². The summed E-state index contributed by atoms with van der Waals surface area (Å²) >= 11 is 0. The van der Waals surface area contributed by atoms with Crippen LogP contribution in [0.1, 0.15) is 11.3 Å². The lowest BCUT2D eigenvalue weighted by Gasteiger charge is -2.13. The van der Waals surface area contributed by atoms with Crippen LogP contribution in [0.25, 0.3) is 0 Å². The summed E-state index contributed by atoms with van der Waals surface area (Å²) in [6, 6.07) is 1.16. The van der Waals surface area contributed by atoms with Crippen molar-refractivity contribution in [3.05, 3.63) is 28.7 Å². The van der Waals surface area contributed by atoms with E-state index in [1.54, 1.807) is 0 Å². The van der Waals surface area contributed by atoms with E-state index in [9.17, 15) is 22.6 Å². The monoisotopic (exact) mass is 283 g/mol.